The number of aromatic amines is 1. The number of hydrogen-bond acceptors (Lipinski definition) is 8. The Morgan fingerprint density at radius 2 is 1.84 bits per heavy atom. The fourth-order valence-corrected chi connectivity index (χ4v) is 5.94. The molecule has 5 rings (SSSR count). The van der Waals surface area contributed by atoms with E-state index >= 15 is 0 Å². The molecular formula is C28H35FN4O4S. The maximum atomic E-state index is 14.8. The molecule has 1 aromatic heterocycles. The maximum Gasteiger partial charge on any atom is 0.261 e. The van der Waals surface area contributed by atoms with Crippen molar-refractivity contribution in [2.24, 2.45) is 5.92 Å². The van der Waals surface area contributed by atoms with E-state index in [1.54, 1.807) is 17.8 Å². The predicted octanol–water partition coefficient (Wildman–Crippen LogP) is 4.23. The van der Waals surface area contributed by atoms with E-state index in [0.29, 0.717) is 47.2 Å². The molecule has 3 aromatic rings. The minimum atomic E-state index is -0.606. The molecule has 204 valence electrons. The molecule has 2 aliphatic rings. The van der Waals surface area contributed by atoms with Gasteiger partial charge in [0.25, 0.3) is 5.56 Å². The van der Waals surface area contributed by atoms with Gasteiger partial charge in [-0.15, -0.1) is 0 Å². The Kier molecular flexibility index (Phi) is 9.03. The van der Waals surface area contributed by atoms with Crippen molar-refractivity contribution in [1.82, 2.24) is 14.9 Å². The predicted molar refractivity (Wildman–Crippen MR) is 148 cm³/mol. The van der Waals surface area contributed by atoms with Crippen molar-refractivity contribution in [3.8, 4) is 11.5 Å². The molecule has 0 unspecified atom stereocenters. The van der Waals surface area contributed by atoms with Crippen LogP contribution in [0.25, 0.3) is 10.9 Å². The van der Waals surface area contributed by atoms with Crippen LogP contribution in [0.1, 0.15) is 31.5 Å². The van der Waals surface area contributed by atoms with E-state index in [2.05, 4.69) is 14.9 Å². The van der Waals surface area contributed by atoms with Crippen LogP contribution in [0.15, 0.2) is 41.2 Å². The van der Waals surface area contributed by atoms with Crippen molar-refractivity contribution >= 4 is 28.4 Å². The van der Waals surface area contributed by atoms with Crippen LogP contribution in [0.2, 0.25) is 0 Å². The zero-order valence-electron chi connectivity index (χ0n) is 21.5. The molecule has 2 aromatic carbocycles. The lowest BCUT2D eigenvalue weighted by atomic mass is 9.98. The third kappa shape index (κ3) is 7.18. The zero-order chi connectivity index (χ0) is 26.3. The lowest BCUT2D eigenvalue weighted by Gasteiger charge is -2.31. The van der Waals surface area contributed by atoms with E-state index in [1.807, 2.05) is 24.3 Å². The number of rotatable bonds is 10. The van der Waals surface area contributed by atoms with E-state index in [0.717, 1.165) is 70.0 Å². The summed E-state index contributed by atoms with van der Waals surface area (Å²) >= 11 is 1.76. The van der Waals surface area contributed by atoms with Gasteiger partial charge in [0, 0.05) is 42.8 Å². The van der Waals surface area contributed by atoms with Crippen LogP contribution < -0.4 is 20.8 Å². The molecule has 0 bridgehead atoms. The Morgan fingerprint density at radius 1 is 1.08 bits per heavy atom. The maximum absolute atomic E-state index is 14.8. The first kappa shape index (κ1) is 26.8. The molecule has 0 atom stereocenters. The number of piperidine rings is 1. The molecule has 0 saturated carbocycles. The highest BCUT2D eigenvalue weighted by molar-refractivity contribution is 7.99. The van der Waals surface area contributed by atoms with E-state index in [9.17, 15) is 9.18 Å². The van der Waals surface area contributed by atoms with Gasteiger partial charge < -0.3 is 24.9 Å². The first-order valence-corrected chi connectivity index (χ1v) is 14.3. The van der Waals surface area contributed by atoms with E-state index < -0.39 is 11.4 Å². The highest BCUT2D eigenvalue weighted by Gasteiger charge is 2.21. The first-order chi connectivity index (χ1) is 18.5. The number of thioether (sulfide) groups is 1. The minimum Gasteiger partial charge on any atom is -0.493 e. The number of likely N-dealkylation sites (tertiary alicyclic amines) is 1. The van der Waals surface area contributed by atoms with E-state index in [4.69, 9.17) is 19.9 Å². The summed E-state index contributed by atoms with van der Waals surface area (Å²) in [5, 5.41) is 0.463. The molecular weight excluding hydrogens is 507 g/mol. The van der Waals surface area contributed by atoms with Gasteiger partial charge in [-0.05, 0) is 69.0 Å². The molecule has 10 heteroatoms. The Morgan fingerprint density at radius 3 is 2.61 bits per heavy atom. The molecule has 3 heterocycles. The van der Waals surface area contributed by atoms with Crippen LogP contribution in [0.5, 0.6) is 11.5 Å². The second-order valence-corrected chi connectivity index (χ2v) is 11.2. The number of nitrogen functional groups attached to an aromatic ring is 1. The number of aromatic nitrogens is 2. The minimum absolute atomic E-state index is 0.0216. The lowest BCUT2D eigenvalue weighted by molar-refractivity contribution is 0.1000. The number of ether oxygens (including phenoxy) is 3. The van der Waals surface area contributed by atoms with Crippen molar-refractivity contribution in [1.29, 1.82) is 0 Å². The van der Waals surface area contributed by atoms with Crippen molar-refractivity contribution < 1.29 is 18.6 Å². The smallest absolute Gasteiger partial charge is 0.261 e. The number of nitrogens with one attached hydrogen (secondary N) is 1. The molecule has 38 heavy (non-hydrogen) atoms. The van der Waals surface area contributed by atoms with Crippen LogP contribution in [0.3, 0.4) is 0 Å². The Balaban J connectivity index is 1.10. The molecule has 8 nitrogen and oxygen atoms in total. The Bertz CT molecular complexity index is 1260. The van der Waals surface area contributed by atoms with Crippen molar-refractivity contribution in [2.45, 2.75) is 36.7 Å². The molecule has 3 N–H and O–H groups in total. The first-order valence-electron chi connectivity index (χ1n) is 13.3. The lowest BCUT2D eigenvalue weighted by Crippen LogP contribution is -2.37. The fourth-order valence-electron chi connectivity index (χ4n) is 4.89. The second-order valence-electron chi connectivity index (χ2n) is 9.95. The van der Waals surface area contributed by atoms with Gasteiger partial charge in [0.1, 0.15) is 35.1 Å². The average molecular weight is 543 g/mol. The number of nitrogens with two attached hydrogens (primary N) is 1. The van der Waals surface area contributed by atoms with Gasteiger partial charge in [0.05, 0.1) is 17.9 Å². The number of anilines is 1. The summed E-state index contributed by atoms with van der Waals surface area (Å²) < 4.78 is 32.0. The van der Waals surface area contributed by atoms with Crippen molar-refractivity contribution in [3.63, 3.8) is 0 Å². The van der Waals surface area contributed by atoms with Gasteiger partial charge in [-0.3, -0.25) is 9.69 Å². The van der Waals surface area contributed by atoms with Crippen LogP contribution in [-0.4, -0.2) is 66.2 Å². The van der Waals surface area contributed by atoms with E-state index in [1.165, 1.54) is 6.07 Å². The molecule has 0 aliphatic carbocycles. The highest BCUT2D eigenvalue weighted by atomic mass is 32.2. The normalized spacial score (nSPS) is 17.6. The summed E-state index contributed by atoms with van der Waals surface area (Å²) in [4.78, 5) is 22.2. The molecule has 0 amide bonds. The Hall–Kier alpha value is -2.82. The second kappa shape index (κ2) is 12.8. The summed E-state index contributed by atoms with van der Waals surface area (Å²) in [5.41, 5.74) is 6.32. The SMILES string of the molecule is Nc1ccc(OCCN2CCC(COc3cc(F)c4c(=O)[nH]c(CSC5CCOCC5)nc4c3)CC2)cc1. The summed E-state index contributed by atoms with van der Waals surface area (Å²) in [6.07, 6.45) is 3.99. The molecule has 2 saturated heterocycles. The number of hydrogen-bond donors (Lipinski definition) is 2. The van der Waals surface area contributed by atoms with Crippen molar-refractivity contribution in [3.05, 3.63) is 58.4 Å². The van der Waals surface area contributed by atoms with Gasteiger partial charge in [0.2, 0.25) is 0 Å². The number of nitrogens with zero attached hydrogens (tertiary/aromatic N) is 2. The number of H-pyrrole nitrogens is 1. The van der Waals surface area contributed by atoms with Gasteiger partial charge in [-0.25, -0.2) is 9.37 Å². The molecule has 0 radical (unpaired) electrons. The van der Waals surface area contributed by atoms with Crippen LogP contribution in [0, 0.1) is 11.7 Å². The fraction of sp³-hybridized carbons (Fsp3) is 0.500. The number of halogens is 1. The third-order valence-corrected chi connectivity index (χ3v) is 8.54. The average Bonchev–Trinajstić information content (AvgIpc) is 2.93. The monoisotopic (exact) mass is 542 g/mol. The van der Waals surface area contributed by atoms with Gasteiger partial charge in [-0.1, -0.05) is 0 Å². The quantitative estimate of drug-likeness (QED) is 0.367. The summed E-state index contributed by atoms with van der Waals surface area (Å²) in [5.74, 6) is 2.16. The molecule has 0 spiro atoms. The van der Waals surface area contributed by atoms with Crippen LogP contribution in [0.4, 0.5) is 10.1 Å². The van der Waals surface area contributed by atoms with Crippen LogP contribution in [-0.2, 0) is 10.5 Å². The standard InChI is InChI=1S/C28H35FN4O4S/c29-24-15-22(16-25-27(24)28(34)32-26(31-25)18-38-23-7-12-35-13-8-23)37-17-19-5-9-33(10-6-19)11-14-36-21-3-1-20(30)2-4-21/h1-4,15-16,19,23H,5-14,17-18,30H2,(H,31,32,34). The van der Waals surface area contributed by atoms with Gasteiger partial charge in [-0.2, -0.15) is 11.8 Å². The summed E-state index contributed by atoms with van der Waals surface area (Å²) in [6, 6.07) is 10.4. The largest absolute Gasteiger partial charge is 0.493 e. The topological polar surface area (TPSA) is 103 Å². The van der Waals surface area contributed by atoms with E-state index in [-0.39, 0.29) is 5.39 Å². The Labute approximate surface area is 226 Å². The summed E-state index contributed by atoms with van der Waals surface area (Å²) in [6.45, 7) is 5.47. The van der Waals surface area contributed by atoms with Crippen molar-refractivity contribution in [2.75, 3.05) is 51.8 Å². The number of benzene rings is 2. The summed E-state index contributed by atoms with van der Waals surface area (Å²) in [7, 11) is 0. The highest BCUT2D eigenvalue weighted by Crippen LogP contribution is 2.27. The molecule has 2 fully saturated rings. The van der Waals surface area contributed by atoms with Gasteiger partial charge >= 0.3 is 0 Å². The van der Waals surface area contributed by atoms with Gasteiger partial charge in [0.15, 0.2) is 0 Å². The molecule has 2 aliphatic heterocycles. The number of fused-ring (bicyclic) bond motifs is 1. The van der Waals surface area contributed by atoms with Crippen LogP contribution >= 0.6 is 11.8 Å². The third-order valence-electron chi connectivity index (χ3n) is 7.16. The zero-order valence-corrected chi connectivity index (χ0v) is 22.3.